The van der Waals surface area contributed by atoms with E-state index in [0.717, 1.165) is 35.4 Å². The molecule has 1 aliphatic heterocycles. The monoisotopic (exact) mass is 365 g/mol. The van der Waals surface area contributed by atoms with Gasteiger partial charge in [-0.25, -0.2) is 0 Å². The molecule has 1 unspecified atom stereocenters. The Balaban J connectivity index is 1.78. The van der Waals surface area contributed by atoms with Crippen molar-refractivity contribution in [2.75, 3.05) is 6.61 Å². The molecule has 2 aromatic rings. The standard InChI is InChI=1S/C23H27NO3/c1-16(2)17(3)21-11-13-26-23(21)10-7-18(22-6-4-5-12-24-22)14-19-8-9-20(15-25)27-19/h4-6,8-9,11-12,14,16,23,25H,3,7,10,13,15H2,1-2H3/b18-14-. The molecule has 4 nitrogen and oxygen atoms in total. The molecular formula is C23H27NO3. The van der Waals surface area contributed by atoms with Gasteiger partial charge in [0.15, 0.2) is 0 Å². The van der Waals surface area contributed by atoms with Crippen molar-refractivity contribution in [2.24, 2.45) is 5.92 Å². The Hall–Kier alpha value is -2.43. The van der Waals surface area contributed by atoms with E-state index in [1.54, 1.807) is 12.3 Å². The number of rotatable bonds is 8. The Morgan fingerprint density at radius 1 is 1.33 bits per heavy atom. The maximum atomic E-state index is 9.22. The van der Waals surface area contributed by atoms with Gasteiger partial charge >= 0.3 is 0 Å². The lowest BCUT2D eigenvalue weighted by Gasteiger charge is -2.19. The molecule has 142 valence electrons. The third kappa shape index (κ3) is 4.85. The number of hydrogen-bond donors (Lipinski definition) is 1. The molecular weight excluding hydrogens is 338 g/mol. The molecule has 1 aliphatic rings. The van der Waals surface area contributed by atoms with Crippen LogP contribution in [0.1, 0.15) is 43.9 Å². The SMILES string of the molecule is C=C(C1=CCOC1CC/C(=C/c1ccc(CO)o1)c1ccccn1)C(C)C. The lowest BCUT2D eigenvalue weighted by atomic mass is 9.90. The molecule has 0 saturated heterocycles. The highest BCUT2D eigenvalue weighted by Crippen LogP contribution is 2.32. The molecule has 1 N–H and O–H groups in total. The van der Waals surface area contributed by atoms with Crippen molar-refractivity contribution in [3.8, 4) is 0 Å². The first kappa shape index (κ1) is 19.3. The molecule has 4 heteroatoms. The number of ether oxygens (including phenoxy) is 1. The van der Waals surface area contributed by atoms with Crippen LogP contribution >= 0.6 is 0 Å². The number of aliphatic hydroxyl groups excluding tert-OH is 1. The molecule has 0 amide bonds. The molecule has 0 fully saturated rings. The molecule has 27 heavy (non-hydrogen) atoms. The summed E-state index contributed by atoms with van der Waals surface area (Å²) >= 11 is 0. The summed E-state index contributed by atoms with van der Waals surface area (Å²) < 4.78 is 11.6. The van der Waals surface area contributed by atoms with Gasteiger partial charge < -0.3 is 14.3 Å². The van der Waals surface area contributed by atoms with Crippen LogP contribution in [0.2, 0.25) is 0 Å². The van der Waals surface area contributed by atoms with Gasteiger partial charge in [0.05, 0.1) is 18.4 Å². The van der Waals surface area contributed by atoms with Crippen molar-refractivity contribution < 1.29 is 14.3 Å². The minimum Gasteiger partial charge on any atom is -0.459 e. The van der Waals surface area contributed by atoms with E-state index in [1.807, 2.05) is 30.3 Å². The number of allylic oxidation sites excluding steroid dienone is 1. The van der Waals surface area contributed by atoms with Gasteiger partial charge in [-0.3, -0.25) is 4.98 Å². The smallest absolute Gasteiger partial charge is 0.130 e. The molecule has 0 radical (unpaired) electrons. The summed E-state index contributed by atoms with van der Waals surface area (Å²) in [6, 6.07) is 9.55. The Labute approximate surface area is 160 Å². The number of nitrogens with zero attached hydrogens (tertiary/aromatic N) is 1. The zero-order valence-corrected chi connectivity index (χ0v) is 16.0. The van der Waals surface area contributed by atoms with Crippen LogP contribution in [0.4, 0.5) is 0 Å². The summed E-state index contributed by atoms with van der Waals surface area (Å²) in [4.78, 5) is 4.50. The van der Waals surface area contributed by atoms with E-state index in [2.05, 4.69) is 31.5 Å². The predicted molar refractivity (Wildman–Crippen MR) is 108 cm³/mol. The zero-order valence-electron chi connectivity index (χ0n) is 16.0. The zero-order chi connectivity index (χ0) is 19.2. The average molecular weight is 365 g/mol. The first-order valence-electron chi connectivity index (χ1n) is 9.41. The molecule has 2 aromatic heterocycles. The van der Waals surface area contributed by atoms with E-state index < -0.39 is 0 Å². The van der Waals surface area contributed by atoms with E-state index in [-0.39, 0.29) is 12.7 Å². The number of furan rings is 1. The van der Waals surface area contributed by atoms with E-state index in [9.17, 15) is 5.11 Å². The van der Waals surface area contributed by atoms with Gasteiger partial charge in [-0.15, -0.1) is 0 Å². The van der Waals surface area contributed by atoms with E-state index >= 15 is 0 Å². The van der Waals surface area contributed by atoms with Crippen molar-refractivity contribution in [3.05, 3.63) is 77.5 Å². The molecule has 3 rings (SSSR count). The minimum atomic E-state index is -0.103. The van der Waals surface area contributed by atoms with Gasteiger partial charge in [0.2, 0.25) is 0 Å². The van der Waals surface area contributed by atoms with E-state index in [1.165, 1.54) is 5.57 Å². The Morgan fingerprint density at radius 3 is 2.85 bits per heavy atom. The van der Waals surface area contributed by atoms with Crippen LogP contribution in [-0.4, -0.2) is 22.8 Å². The molecule has 0 aromatic carbocycles. The van der Waals surface area contributed by atoms with Crippen molar-refractivity contribution in [1.82, 2.24) is 4.98 Å². The lowest BCUT2D eigenvalue weighted by molar-refractivity contribution is 0.117. The first-order chi connectivity index (χ1) is 13.1. The van der Waals surface area contributed by atoms with Gasteiger partial charge in [-0.2, -0.15) is 0 Å². The van der Waals surface area contributed by atoms with Crippen LogP contribution in [0.25, 0.3) is 11.6 Å². The summed E-state index contributed by atoms with van der Waals surface area (Å²) in [5.41, 5.74) is 4.38. The van der Waals surface area contributed by atoms with Crippen LogP contribution in [-0.2, 0) is 11.3 Å². The normalized spacial score (nSPS) is 17.4. The fourth-order valence-corrected chi connectivity index (χ4v) is 3.23. The number of pyridine rings is 1. The molecule has 3 heterocycles. The predicted octanol–water partition coefficient (Wildman–Crippen LogP) is 5.03. The fraction of sp³-hybridized carbons (Fsp3) is 0.348. The highest BCUT2D eigenvalue weighted by Gasteiger charge is 2.23. The van der Waals surface area contributed by atoms with Crippen molar-refractivity contribution in [3.63, 3.8) is 0 Å². The van der Waals surface area contributed by atoms with Crippen LogP contribution in [0.3, 0.4) is 0 Å². The third-order valence-corrected chi connectivity index (χ3v) is 4.84. The highest BCUT2D eigenvalue weighted by atomic mass is 16.5. The van der Waals surface area contributed by atoms with Crippen molar-refractivity contribution >= 4 is 11.6 Å². The first-order valence-corrected chi connectivity index (χ1v) is 9.41. The maximum absolute atomic E-state index is 9.22. The number of aliphatic hydroxyl groups is 1. The minimum absolute atomic E-state index is 0.0663. The van der Waals surface area contributed by atoms with Crippen molar-refractivity contribution in [2.45, 2.75) is 39.4 Å². The Morgan fingerprint density at radius 2 is 2.19 bits per heavy atom. The van der Waals surface area contributed by atoms with Gasteiger partial charge in [0.25, 0.3) is 0 Å². The van der Waals surface area contributed by atoms with Gasteiger partial charge in [0.1, 0.15) is 18.1 Å². The van der Waals surface area contributed by atoms with E-state index in [0.29, 0.717) is 18.3 Å². The van der Waals surface area contributed by atoms with Crippen LogP contribution < -0.4 is 0 Å². The second kappa shape index (κ2) is 8.98. The number of hydrogen-bond acceptors (Lipinski definition) is 4. The highest BCUT2D eigenvalue weighted by molar-refractivity contribution is 5.78. The van der Waals surface area contributed by atoms with Gasteiger partial charge in [-0.1, -0.05) is 32.6 Å². The third-order valence-electron chi connectivity index (χ3n) is 4.84. The van der Waals surface area contributed by atoms with Gasteiger partial charge in [-0.05, 0) is 65.8 Å². The van der Waals surface area contributed by atoms with Crippen LogP contribution in [0.15, 0.2) is 64.7 Å². The second-order valence-corrected chi connectivity index (χ2v) is 7.05. The quantitative estimate of drug-likeness (QED) is 0.713. The number of aromatic nitrogens is 1. The van der Waals surface area contributed by atoms with E-state index in [4.69, 9.17) is 9.15 Å². The van der Waals surface area contributed by atoms with Crippen LogP contribution in [0, 0.1) is 5.92 Å². The van der Waals surface area contributed by atoms with Crippen molar-refractivity contribution in [1.29, 1.82) is 0 Å². The Kier molecular flexibility index (Phi) is 6.43. The van der Waals surface area contributed by atoms with Gasteiger partial charge in [0, 0.05) is 6.20 Å². The molecule has 0 saturated carbocycles. The fourth-order valence-electron chi connectivity index (χ4n) is 3.23. The summed E-state index contributed by atoms with van der Waals surface area (Å²) in [6.07, 6.45) is 7.67. The second-order valence-electron chi connectivity index (χ2n) is 7.05. The summed E-state index contributed by atoms with van der Waals surface area (Å²) in [6.45, 7) is 9.10. The molecule has 1 atom stereocenters. The summed E-state index contributed by atoms with van der Waals surface area (Å²) in [5, 5.41) is 9.22. The topological polar surface area (TPSA) is 55.5 Å². The summed E-state index contributed by atoms with van der Waals surface area (Å²) in [5.74, 6) is 1.68. The lowest BCUT2D eigenvalue weighted by Crippen LogP contribution is -2.13. The molecule has 0 spiro atoms. The average Bonchev–Trinajstić information content (AvgIpc) is 3.34. The maximum Gasteiger partial charge on any atom is 0.130 e. The largest absolute Gasteiger partial charge is 0.459 e. The Bertz CT molecular complexity index is 830. The van der Waals surface area contributed by atoms with Crippen LogP contribution in [0.5, 0.6) is 0 Å². The molecule has 0 aliphatic carbocycles. The summed E-state index contributed by atoms with van der Waals surface area (Å²) in [7, 11) is 0. The molecule has 0 bridgehead atoms.